The van der Waals surface area contributed by atoms with Crippen molar-refractivity contribution in [3.8, 4) is 0 Å². The fraction of sp³-hybridized carbons (Fsp3) is 0.625. The van der Waals surface area contributed by atoms with Crippen LogP contribution in [0.2, 0.25) is 0 Å². The van der Waals surface area contributed by atoms with E-state index in [-0.39, 0.29) is 0 Å². The van der Waals surface area contributed by atoms with Gasteiger partial charge in [0.05, 0.1) is 4.90 Å². The molecule has 1 heterocycles. The predicted octanol–water partition coefficient (Wildman–Crippen LogP) is 0.749. The lowest BCUT2D eigenvalue weighted by molar-refractivity contribution is 0.245. The van der Waals surface area contributed by atoms with Gasteiger partial charge in [0.2, 0.25) is 10.0 Å². The van der Waals surface area contributed by atoms with Crippen molar-refractivity contribution in [2.75, 3.05) is 39.3 Å². The second kappa shape index (κ2) is 7.08. The number of hydrogen-bond acceptors (Lipinski definition) is 4. The van der Waals surface area contributed by atoms with E-state index in [0.717, 1.165) is 52.0 Å². The Morgan fingerprint density at radius 1 is 1.09 bits per heavy atom. The minimum Gasteiger partial charge on any atom is -0.314 e. The number of aryl methyl sites for hydroxylation is 2. The minimum absolute atomic E-state index is 0.411. The van der Waals surface area contributed by atoms with Crippen LogP contribution in [-0.2, 0) is 22.9 Å². The molecule has 1 saturated heterocycles. The van der Waals surface area contributed by atoms with Gasteiger partial charge in [0.1, 0.15) is 0 Å². The first-order valence-corrected chi connectivity index (χ1v) is 9.68. The number of hydrogen-bond donors (Lipinski definition) is 2. The highest BCUT2D eigenvalue weighted by atomic mass is 32.2. The molecule has 1 aliphatic carbocycles. The Bertz CT molecular complexity index is 610. The maximum Gasteiger partial charge on any atom is 0.240 e. The average molecular weight is 323 g/mol. The topological polar surface area (TPSA) is 61.4 Å². The van der Waals surface area contributed by atoms with Crippen molar-refractivity contribution in [2.24, 2.45) is 0 Å². The first-order valence-electron chi connectivity index (χ1n) is 8.20. The van der Waals surface area contributed by atoms with Crippen molar-refractivity contribution < 1.29 is 8.42 Å². The summed E-state index contributed by atoms with van der Waals surface area (Å²) >= 11 is 0. The zero-order valence-electron chi connectivity index (χ0n) is 13.0. The average Bonchev–Trinajstić information content (AvgIpc) is 2.55. The van der Waals surface area contributed by atoms with Crippen molar-refractivity contribution in [3.63, 3.8) is 0 Å². The van der Waals surface area contributed by atoms with Gasteiger partial charge in [-0.05, 0) is 48.9 Å². The molecule has 1 aliphatic heterocycles. The van der Waals surface area contributed by atoms with Gasteiger partial charge in [-0.1, -0.05) is 6.07 Å². The number of nitrogens with zero attached hydrogens (tertiary/aromatic N) is 1. The Morgan fingerprint density at radius 2 is 1.82 bits per heavy atom. The van der Waals surface area contributed by atoms with Crippen LogP contribution in [0.4, 0.5) is 0 Å². The number of fused-ring (bicyclic) bond motifs is 1. The Labute approximate surface area is 133 Å². The Kier molecular flexibility index (Phi) is 5.13. The normalized spacial score (nSPS) is 19.8. The first kappa shape index (κ1) is 15.9. The Morgan fingerprint density at radius 3 is 2.59 bits per heavy atom. The fourth-order valence-corrected chi connectivity index (χ4v) is 4.30. The highest BCUT2D eigenvalue weighted by molar-refractivity contribution is 7.89. The largest absolute Gasteiger partial charge is 0.314 e. The van der Waals surface area contributed by atoms with Gasteiger partial charge in [-0.3, -0.25) is 4.90 Å². The molecule has 3 rings (SSSR count). The number of rotatable bonds is 5. The molecule has 2 aliphatic rings. The van der Waals surface area contributed by atoms with Crippen LogP contribution in [0.1, 0.15) is 24.0 Å². The molecule has 0 radical (unpaired) electrons. The number of benzene rings is 1. The lowest BCUT2D eigenvalue weighted by Gasteiger charge is -2.27. The van der Waals surface area contributed by atoms with E-state index in [1.165, 1.54) is 17.5 Å². The molecule has 22 heavy (non-hydrogen) atoms. The minimum atomic E-state index is -3.39. The third-order valence-electron chi connectivity index (χ3n) is 4.56. The van der Waals surface area contributed by atoms with E-state index < -0.39 is 10.0 Å². The number of sulfonamides is 1. The van der Waals surface area contributed by atoms with Gasteiger partial charge in [-0.25, -0.2) is 13.1 Å². The fourth-order valence-electron chi connectivity index (χ4n) is 3.23. The lowest BCUT2D eigenvalue weighted by Crippen LogP contribution is -2.46. The van der Waals surface area contributed by atoms with E-state index in [1.54, 1.807) is 6.07 Å². The maximum atomic E-state index is 12.4. The van der Waals surface area contributed by atoms with E-state index in [9.17, 15) is 8.42 Å². The van der Waals surface area contributed by atoms with Crippen molar-refractivity contribution in [3.05, 3.63) is 29.3 Å². The molecule has 5 nitrogen and oxygen atoms in total. The van der Waals surface area contributed by atoms with Gasteiger partial charge in [0, 0.05) is 39.3 Å². The van der Waals surface area contributed by atoms with Gasteiger partial charge in [-0.2, -0.15) is 0 Å². The highest BCUT2D eigenvalue weighted by Gasteiger charge is 2.18. The van der Waals surface area contributed by atoms with E-state index in [0.29, 0.717) is 11.4 Å². The summed E-state index contributed by atoms with van der Waals surface area (Å²) in [6.45, 7) is 5.18. The Balaban J connectivity index is 1.60. The third kappa shape index (κ3) is 3.87. The predicted molar refractivity (Wildman–Crippen MR) is 87.6 cm³/mol. The van der Waals surface area contributed by atoms with Gasteiger partial charge in [0.15, 0.2) is 0 Å². The molecule has 2 N–H and O–H groups in total. The summed E-state index contributed by atoms with van der Waals surface area (Å²) in [6.07, 6.45) is 4.44. The molecule has 1 aromatic rings. The maximum absolute atomic E-state index is 12.4. The van der Waals surface area contributed by atoms with Gasteiger partial charge < -0.3 is 5.32 Å². The summed E-state index contributed by atoms with van der Waals surface area (Å²) < 4.78 is 27.6. The van der Waals surface area contributed by atoms with Gasteiger partial charge >= 0.3 is 0 Å². The molecule has 0 bridgehead atoms. The van der Waals surface area contributed by atoms with Crippen LogP contribution in [0, 0.1) is 0 Å². The standard InChI is InChI=1S/C16H25N3O2S/c20-22(21,18-9-12-19-10-7-17-8-11-19)16-6-5-14-3-1-2-4-15(14)13-16/h5-6,13,17-18H,1-4,7-12H2. The number of piperazine rings is 1. The zero-order chi connectivity index (χ0) is 15.4. The van der Waals surface area contributed by atoms with Crippen molar-refractivity contribution >= 4 is 10.0 Å². The van der Waals surface area contributed by atoms with Crippen LogP contribution < -0.4 is 10.0 Å². The summed E-state index contributed by atoms with van der Waals surface area (Å²) in [4.78, 5) is 2.69. The molecule has 0 aromatic heterocycles. The van der Waals surface area contributed by atoms with Crippen molar-refractivity contribution in [1.29, 1.82) is 0 Å². The lowest BCUT2D eigenvalue weighted by atomic mass is 9.92. The van der Waals surface area contributed by atoms with Crippen LogP contribution in [-0.4, -0.2) is 52.6 Å². The zero-order valence-corrected chi connectivity index (χ0v) is 13.8. The van der Waals surface area contributed by atoms with Crippen LogP contribution in [0.3, 0.4) is 0 Å². The van der Waals surface area contributed by atoms with Crippen LogP contribution >= 0.6 is 0 Å². The van der Waals surface area contributed by atoms with Gasteiger partial charge in [0.25, 0.3) is 0 Å². The van der Waals surface area contributed by atoms with Crippen LogP contribution in [0.15, 0.2) is 23.1 Å². The highest BCUT2D eigenvalue weighted by Crippen LogP contribution is 2.23. The Hall–Kier alpha value is -0.950. The molecule has 1 fully saturated rings. The van der Waals surface area contributed by atoms with Crippen molar-refractivity contribution in [1.82, 2.24) is 14.9 Å². The van der Waals surface area contributed by atoms with E-state index >= 15 is 0 Å². The quantitative estimate of drug-likeness (QED) is 0.839. The van der Waals surface area contributed by atoms with Crippen LogP contribution in [0.25, 0.3) is 0 Å². The summed E-state index contributed by atoms with van der Waals surface area (Å²) in [7, 11) is -3.39. The molecular formula is C16H25N3O2S. The second-order valence-corrected chi connectivity index (χ2v) is 7.89. The molecule has 6 heteroatoms. The summed E-state index contributed by atoms with van der Waals surface area (Å²) in [5.74, 6) is 0. The van der Waals surface area contributed by atoms with E-state index in [1.807, 2.05) is 12.1 Å². The molecule has 122 valence electrons. The third-order valence-corrected chi connectivity index (χ3v) is 6.02. The van der Waals surface area contributed by atoms with Crippen LogP contribution in [0.5, 0.6) is 0 Å². The smallest absolute Gasteiger partial charge is 0.240 e. The van der Waals surface area contributed by atoms with Crippen molar-refractivity contribution in [2.45, 2.75) is 30.6 Å². The second-order valence-electron chi connectivity index (χ2n) is 6.13. The molecule has 0 saturated carbocycles. The van der Waals surface area contributed by atoms with E-state index in [4.69, 9.17) is 0 Å². The summed E-state index contributed by atoms with van der Waals surface area (Å²) in [5.41, 5.74) is 2.52. The van der Waals surface area contributed by atoms with E-state index in [2.05, 4.69) is 14.9 Å². The molecular weight excluding hydrogens is 298 g/mol. The van der Waals surface area contributed by atoms with Gasteiger partial charge in [-0.15, -0.1) is 0 Å². The molecule has 1 aromatic carbocycles. The number of nitrogens with one attached hydrogen (secondary N) is 2. The summed E-state index contributed by atoms with van der Waals surface area (Å²) in [6, 6.07) is 5.60. The molecule has 0 unspecified atom stereocenters. The SMILES string of the molecule is O=S(=O)(NCCN1CCNCC1)c1ccc2c(c1)CCCC2. The monoisotopic (exact) mass is 323 g/mol. The molecule has 0 atom stereocenters. The summed E-state index contributed by atoms with van der Waals surface area (Å²) in [5, 5.41) is 3.30. The molecule has 0 spiro atoms. The molecule has 0 amide bonds. The first-order chi connectivity index (χ1) is 10.6.